The van der Waals surface area contributed by atoms with E-state index in [9.17, 15) is 9.90 Å². The summed E-state index contributed by atoms with van der Waals surface area (Å²) < 4.78 is 9.65. The Labute approximate surface area is 172 Å². The van der Waals surface area contributed by atoms with Crippen molar-refractivity contribution in [1.29, 1.82) is 0 Å². The van der Waals surface area contributed by atoms with Crippen molar-refractivity contribution in [1.82, 2.24) is 0 Å². The number of methoxy groups -OCH3 is 1. The molecule has 0 fully saturated rings. The van der Waals surface area contributed by atoms with Gasteiger partial charge in [0.15, 0.2) is 0 Å². The van der Waals surface area contributed by atoms with E-state index in [0.717, 1.165) is 16.2 Å². The van der Waals surface area contributed by atoms with Gasteiger partial charge >= 0.3 is 6.09 Å². The van der Waals surface area contributed by atoms with Gasteiger partial charge in [0, 0.05) is 12.2 Å². The van der Waals surface area contributed by atoms with E-state index in [2.05, 4.69) is 4.74 Å². The number of benzene rings is 3. The van der Waals surface area contributed by atoms with E-state index in [4.69, 9.17) is 4.74 Å². The molecule has 3 rings (SSSR count). The maximum Gasteiger partial charge on any atom is 0.432 e. The molecule has 0 heterocycles. The van der Waals surface area contributed by atoms with Crippen molar-refractivity contribution in [2.75, 3.05) is 7.11 Å². The van der Waals surface area contributed by atoms with Gasteiger partial charge in [-0.15, -0.1) is 0 Å². The fraction of sp³-hybridized carbons (Fsp3) is 0.208. The van der Waals surface area contributed by atoms with Gasteiger partial charge in [0.2, 0.25) is 0 Å². The lowest BCUT2D eigenvalue weighted by atomic mass is 9.98. The first-order valence-electron chi connectivity index (χ1n) is 9.48. The molecule has 0 saturated carbocycles. The van der Waals surface area contributed by atoms with Crippen molar-refractivity contribution in [3.05, 3.63) is 96.6 Å². The Bertz CT molecular complexity index is 959. The molecule has 0 aliphatic carbocycles. The van der Waals surface area contributed by atoms with Gasteiger partial charge in [0.25, 0.3) is 0 Å². The molecule has 4 nitrogen and oxygen atoms in total. The van der Waals surface area contributed by atoms with Gasteiger partial charge in [-0.3, -0.25) is 0 Å². The monoisotopic (exact) mass is 407 g/mol. The largest absolute Gasteiger partial charge is 0.451 e. The fourth-order valence-electron chi connectivity index (χ4n) is 3.73. The van der Waals surface area contributed by atoms with E-state index in [1.165, 1.54) is 7.11 Å². The first-order chi connectivity index (χ1) is 13.9. The number of carbonyl (C=O) groups excluding carboxylic acids is 1. The first kappa shape index (κ1) is 21.0. The van der Waals surface area contributed by atoms with Crippen molar-refractivity contribution in [2.24, 2.45) is 4.74 Å². The molecular weight excluding hydrogens is 381 g/mol. The predicted octanol–water partition coefficient (Wildman–Crippen LogP) is 5.12. The standard InChI is InChI=1S/C24H26NO3P/c1-24(2,22(26)19-13-7-4-8-14-19)29(25-23(27)28-3,20-15-9-5-10-16-20)21-17-11-6-12-18-21/h4-18,22,26H,1-3H3/t22-/m1/s1. The third-order valence-corrected chi connectivity index (χ3v) is 9.75. The summed E-state index contributed by atoms with van der Waals surface area (Å²) >= 11 is 0. The lowest BCUT2D eigenvalue weighted by molar-refractivity contribution is 0.141. The molecule has 0 radical (unpaired) electrons. The minimum absolute atomic E-state index is 0.639. The topological polar surface area (TPSA) is 58.9 Å². The Morgan fingerprint density at radius 1 is 0.862 bits per heavy atom. The molecule has 0 saturated heterocycles. The van der Waals surface area contributed by atoms with E-state index in [0.29, 0.717) is 0 Å². The minimum atomic E-state index is -2.80. The van der Waals surface area contributed by atoms with E-state index in [-0.39, 0.29) is 0 Å². The summed E-state index contributed by atoms with van der Waals surface area (Å²) in [7, 11) is -1.47. The van der Waals surface area contributed by atoms with Crippen molar-refractivity contribution in [2.45, 2.75) is 25.1 Å². The summed E-state index contributed by atoms with van der Waals surface area (Å²) in [5, 5.41) is 12.5. The van der Waals surface area contributed by atoms with E-state index < -0.39 is 24.4 Å². The van der Waals surface area contributed by atoms with E-state index in [1.54, 1.807) is 0 Å². The van der Waals surface area contributed by atoms with Crippen LogP contribution in [-0.2, 0) is 4.74 Å². The van der Waals surface area contributed by atoms with Crippen LogP contribution in [0.4, 0.5) is 4.79 Å². The molecule has 0 aliphatic rings. The van der Waals surface area contributed by atoms with Gasteiger partial charge in [0.1, 0.15) is 0 Å². The van der Waals surface area contributed by atoms with Gasteiger partial charge in [-0.05, 0) is 16.2 Å². The zero-order chi connectivity index (χ0) is 20.9. The summed E-state index contributed by atoms with van der Waals surface area (Å²) in [6.45, 7) is 3.95. The van der Waals surface area contributed by atoms with Crippen molar-refractivity contribution in [3.8, 4) is 0 Å². The van der Waals surface area contributed by atoms with Crippen LogP contribution in [0.25, 0.3) is 0 Å². The summed E-state index contributed by atoms with van der Waals surface area (Å²) in [6.07, 6.45) is -1.48. The lowest BCUT2D eigenvalue weighted by Gasteiger charge is -2.43. The van der Waals surface area contributed by atoms with Crippen LogP contribution in [-0.4, -0.2) is 23.5 Å². The third kappa shape index (κ3) is 3.91. The van der Waals surface area contributed by atoms with E-state index >= 15 is 0 Å². The second-order valence-corrected chi connectivity index (χ2v) is 11.0. The Kier molecular flexibility index (Phi) is 6.36. The number of ether oxygens (including phenoxy) is 1. The van der Waals surface area contributed by atoms with Crippen LogP contribution in [0.3, 0.4) is 0 Å². The van der Waals surface area contributed by atoms with Crippen molar-refractivity contribution < 1.29 is 14.6 Å². The molecule has 5 heteroatoms. The van der Waals surface area contributed by atoms with Crippen LogP contribution in [0.1, 0.15) is 25.5 Å². The van der Waals surface area contributed by atoms with Gasteiger partial charge in [-0.2, -0.15) is 4.74 Å². The molecule has 0 bridgehead atoms. The smallest absolute Gasteiger partial charge is 0.432 e. The highest BCUT2D eigenvalue weighted by Gasteiger charge is 2.47. The van der Waals surface area contributed by atoms with Crippen molar-refractivity contribution in [3.63, 3.8) is 0 Å². The molecule has 0 unspecified atom stereocenters. The molecular formula is C24H26NO3P. The molecule has 1 N–H and O–H groups in total. The van der Waals surface area contributed by atoms with Crippen LogP contribution in [0.5, 0.6) is 0 Å². The Morgan fingerprint density at radius 2 is 1.28 bits per heavy atom. The summed E-state index contributed by atoms with van der Waals surface area (Å²) in [6, 6.07) is 29.0. The number of carbonyl (C=O) groups is 1. The summed E-state index contributed by atoms with van der Waals surface area (Å²) in [5.74, 6) is 0. The summed E-state index contributed by atoms with van der Waals surface area (Å²) in [5.41, 5.74) is 0.786. The Hall–Kier alpha value is -2.68. The third-order valence-electron chi connectivity index (χ3n) is 5.28. The fourth-order valence-corrected chi connectivity index (χ4v) is 7.88. The Balaban J connectivity index is 2.38. The van der Waals surface area contributed by atoms with Gasteiger partial charge < -0.3 is 9.84 Å². The second kappa shape index (κ2) is 8.77. The molecule has 1 amide bonds. The number of amides is 1. The first-order valence-corrected chi connectivity index (χ1v) is 11.2. The number of hydrogen-bond acceptors (Lipinski definition) is 3. The Morgan fingerprint density at radius 3 is 1.69 bits per heavy atom. The van der Waals surface area contributed by atoms with Gasteiger partial charge in [-0.1, -0.05) is 105 Å². The minimum Gasteiger partial charge on any atom is -0.451 e. The zero-order valence-electron chi connectivity index (χ0n) is 16.9. The van der Waals surface area contributed by atoms with Crippen LogP contribution in [0, 0.1) is 0 Å². The predicted molar refractivity (Wildman–Crippen MR) is 119 cm³/mol. The maximum absolute atomic E-state index is 12.5. The van der Waals surface area contributed by atoms with E-state index in [1.807, 2.05) is 105 Å². The lowest BCUT2D eigenvalue weighted by Crippen LogP contribution is -2.39. The molecule has 0 spiro atoms. The molecule has 0 aromatic heterocycles. The zero-order valence-corrected chi connectivity index (χ0v) is 17.8. The van der Waals surface area contributed by atoms with Crippen LogP contribution >= 0.6 is 7.05 Å². The maximum atomic E-state index is 12.5. The second-order valence-electron chi connectivity index (χ2n) is 7.34. The van der Waals surface area contributed by atoms with Crippen LogP contribution < -0.4 is 10.6 Å². The average Bonchev–Trinajstić information content (AvgIpc) is 2.78. The average molecular weight is 407 g/mol. The molecule has 29 heavy (non-hydrogen) atoms. The normalized spacial score (nSPS) is 12.8. The van der Waals surface area contributed by atoms with Gasteiger partial charge in [0.05, 0.1) is 13.2 Å². The molecule has 3 aromatic carbocycles. The quantitative estimate of drug-likeness (QED) is 0.598. The highest BCUT2D eigenvalue weighted by molar-refractivity contribution is 7.82. The molecule has 0 aliphatic heterocycles. The highest BCUT2D eigenvalue weighted by atomic mass is 31.2. The highest BCUT2D eigenvalue weighted by Crippen LogP contribution is 2.63. The van der Waals surface area contributed by atoms with Crippen LogP contribution in [0.15, 0.2) is 95.7 Å². The number of nitrogens with zero attached hydrogens (tertiary/aromatic N) is 1. The number of aliphatic hydroxyl groups excluding tert-OH is 1. The molecule has 3 aromatic rings. The molecule has 1 atom stereocenters. The van der Waals surface area contributed by atoms with Crippen molar-refractivity contribution >= 4 is 23.8 Å². The summed E-state index contributed by atoms with van der Waals surface area (Å²) in [4.78, 5) is 12.5. The van der Waals surface area contributed by atoms with Gasteiger partial charge in [-0.25, -0.2) is 4.79 Å². The SMILES string of the molecule is COC(=O)N=P(c1ccccc1)(c1ccccc1)C(C)(C)[C@H](O)c1ccccc1. The van der Waals surface area contributed by atoms with Crippen LogP contribution in [0.2, 0.25) is 0 Å². The number of aliphatic hydroxyl groups is 1. The number of rotatable bonds is 5. The molecule has 150 valence electrons. The number of hydrogen-bond donors (Lipinski definition) is 1.